The molecule has 46 heavy (non-hydrogen) atoms. The molecule has 1 N–H and O–H groups in total. The Balaban J connectivity index is 1.58. The average Bonchev–Trinajstić information content (AvgIpc) is 3.64. The van der Waals surface area contributed by atoms with E-state index in [1.807, 2.05) is 75.4 Å². The van der Waals surface area contributed by atoms with Gasteiger partial charge in [0.05, 0.1) is 35.8 Å². The van der Waals surface area contributed by atoms with E-state index in [0.29, 0.717) is 31.1 Å². The van der Waals surface area contributed by atoms with Crippen LogP contribution in [0.5, 0.6) is 5.75 Å². The first-order valence-corrected chi connectivity index (χ1v) is 17.2. The van der Waals surface area contributed by atoms with Crippen molar-refractivity contribution >= 4 is 35.2 Å². The van der Waals surface area contributed by atoms with Gasteiger partial charge in [0.25, 0.3) is 0 Å². The summed E-state index contributed by atoms with van der Waals surface area (Å²) in [5, 5.41) is 10.5. The Morgan fingerprint density at radius 2 is 1.76 bits per heavy atom. The number of amides is 3. The lowest BCUT2D eigenvalue weighted by Crippen LogP contribution is -2.60. The van der Waals surface area contributed by atoms with Crippen LogP contribution in [-0.2, 0) is 20.9 Å². The van der Waals surface area contributed by atoms with Gasteiger partial charge in [0.1, 0.15) is 11.8 Å². The highest BCUT2D eigenvalue weighted by atomic mass is 32.2. The average molecular weight is 646 g/mol. The minimum atomic E-state index is -0.825. The first-order chi connectivity index (χ1) is 22.1. The predicted octanol–water partition coefficient (Wildman–Crippen LogP) is 5.17. The molecule has 2 aromatic rings. The Bertz CT molecular complexity index is 1430. The number of fused-ring (bicyclic) bond motifs is 1. The number of rotatable bonds is 14. The lowest BCUT2D eigenvalue weighted by atomic mass is 9.65. The van der Waals surface area contributed by atoms with Crippen LogP contribution in [0, 0.1) is 23.7 Å². The largest absolute Gasteiger partial charge is 0.494 e. The van der Waals surface area contributed by atoms with Crippen molar-refractivity contribution in [3.63, 3.8) is 0 Å². The summed E-state index contributed by atoms with van der Waals surface area (Å²) in [4.78, 5) is 49.5. The van der Waals surface area contributed by atoms with Crippen molar-refractivity contribution < 1.29 is 24.2 Å². The molecule has 246 valence electrons. The highest BCUT2D eigenvalue weighted by Crippen LogP contribution is 2.69. The van der Waals surface area contributed by atoms with Gasteiger partial charge < -0.3 is 24.5 Å². The Hall–Kier alpha value is -3.56. The van der Waals surface area contributed by atoms with E-state index in [9.17, 15) is 19.5 Å². The number of aliphatic hydroxyl groups is 1. The number of aliphatic hydroxyl groups excluding tert-OH is 1. The molecule has 0 aliphatic carbocycles. The quantitative estimate of drug-likeness (QED) is 0.285. The zero-order valence-electron chi connectivity index (χ0n) is 27.4. The minimum absolute atomic E-state index is 0.00610. The molecule has 1 spiro atoms. The first-order valence-electron chi connectivity index (χ1n) is 16.3. The summed E-state index contributed by atoms with van der Waals surface area (Å²) in [6, 6.07) is 15.8. The lowest BCUT2D eigenvalue weighted by Gasteiger charge is -2.43. The van der Waals surface area contributed by atoms with Crippen molar-refractivity contribution in [3.8, 4) is 5.75 Å². The smallest absolute Gasteiger partial charge is 0.247 e. The topological polar surface area (TPSA) is 90.4 Å². The number of carbonyl (C=O) groups excluding carboxylic acids is 3. The van der Waals surface area contributed by atoms with Crippen LogP contribution in [0.1, 0.15) is 39.7 Å². The van der Waals surface area contributed by atoms with E-state index in [4.69, 9.17) is 4.74 Å². The molecule has 8 nitrogen and oxygen atoms in total. The van der Waals surface area contributed by atoms with Gasteiger partial charge in [-0.15, -0.1) is 24.9 Å². The molecular formula is C37H47N3O5S. The summed E-state index contributed by atoms with van der Waals surface area (Å²) in [5.41, 5.74) is 1.68. The van der Waals surface area contributed by atoms with Crippen molar-refractivity contribution in [1.29, 1.82) is 0 Å². The van der Waals surface area contributed by atoms with Crippen molar-refractivity contribution in [3.05, 3.63) is 85.5 Å². The van der Waals surface area contributed by atoms with Crippen LogP contribution in [0.3, 0.4) is 0 Å². The van der Waals surface area contributed by atoms with Crippen molar-refractivity contribution in [2.45, 2.75) is 62.7 Å². The first kappa shape index (κ1) is 33.8. The number of ether oxygens (including phenoxy) is 1. The van der Waals surface area contributed by atoms with Gasteiger partial charge in [0, 0.05) is 30.6 Å². The number of hydrogen-bond acceptors (Lipinski definition) is 6. The van der Waals surface area contributed by atoms with Crippen LogP contribution in [0.15, 0.2) is 79.9 Å². The molecule has 3 unspecified atom stereocenters. The third-order valence-electron chi connectivity index (χ3n) is 9.93. The van der Waals surface area contributed by atoms with Crippen LogP contribution < -0.4 is 9.64 Å². The molecule has 3 aliphatic heterocycles. The third kappa shape index (κ3) is 5.77. The minimum Gasteiger partial charge on any atom is -0.494 e. The number of likely N-dealkylation sites (tertiary alicyclic amines) is 1. The van der Waals surface area contributed by atoms with E-state index in [1.165, 1.54) is 0 Å². The fourth-order valence-electron chi connectivity index (χ4n) is 7.88. The van der Waals surface area contributed by atoms with E-state index < -0.39 is 28.7 Å². The number of thioether (sulfide) groups is 1. The Morgan fingerprint density at radius 3 is 2.35 bits per heavy atom. The monoisotopic (exact) mass is 645 g/mol. The second-order valence-electron chi connectivity index (χ2n) is 12.9. The van der Waals surface area contributed by atoms with Gasteiger partial charge in [0.2, 0.25) is 17.7 Å². The molecule has 0 saturated carbocycles. The molecule has 3 fully saturated rings. The second-order valence-corrected chi connectivity index (χ2v) is 14.5. The normalized spacial score (nSPS) is 27.0. The molecule has 7 atom stereocenters. The van der Waals surface area contributed by atoms with Gasteiger partial charge in [-0.25, -0.2) is 0 Å². The van der Waals surface area contributed by atoms with Crippen LogP contribution in [0.4, 0.5) is 5.69 Å². The SMILES string of the molecule is C=CCN(Cc1ccccc1)C(=O)C1N([C@@H](CO)C(C)C)C(=O)[C@@H]2[C@@H](C(=O)N(CC=C)c3ccc(OCC)cc3)[C@H]3CC(C)C12S3. The van der Waals surface area contributed by atoms with E-state index >= 15 is 0 Å². The van der Waals surface area contributed by atoms with Crippen LogP contribution in [0.25, 0.3) is 0 Å². The highest BCUT2D eigenvalue weighted by Gasteiger charge is 2.77. The van der Waals surface area contributed by atoms with Crippen molar-refractivity contribution in [2.24, 2.45) is 23.7 Å². The number of anilines is 1. The maximum atomic E-state index is 14.9. The third-order valence-corrected chi connectivity index (χ3v) is 12.0. The van der Waals surface area contributed by atoms with Crippen LogP contribution in [-0.4, -0.2) is 81.0 Å². The van der Waals surface area contributed by atoms with E-state index in [2.05, 4.69) is 20.1 Å². The number of carbonyl (C=O) groups is 3. The number of hydrogen-bond donors (Lipinski definition) is 1. The fraction of sp³-hybridized carbons (Fsp3) is 0.486. The molecule has 0 radical (unpaired) electrons. The van der Waals surface area contributed by atoms with Crippen LogP contribution >= 0.6 is 11.8 Å². The van der Waals surface area contributed by atoms with Gasteiger partial charge in [-0.1, -0.05) is 63.3 Å². The van der Waals surface area contributed by atoms with Crippen LogP contribution in [0.2, 0.25) is 0 Å². The second kappa shape index (κ2) is 14.1. The van der Waals surface area contributed by atoms with Gasteiger partial charge >= 0.3 is 0 Å². The molecule has 2 aromatic carbocycles. The summed E-state index contributed by atoms with van der Waals surface area (Å²) >= 11 is 1.65. The van der Waals surface area contributed by atoms with E-state index in [0.717, 1.165) is 12.0 Å². The molecular weight excluding hydrogens is 598 g/mol. The molecule has 5 rings (SSSR count). The van der Waals surface area contributed by atoms with E-state index in [1.54, 1.807) is 38.6 Å². The molecule has 3 heterocycles. The lowest BCUT2D eigenvalue weighted by molar-refractivity contribution is -0.147. The zero-order chi connectivity index (χ0) is 33.2. The standard InChI is InChI=1S/C37H47N3O5S/c1-7-19-38(22-26-13-11-10-12-14-26)36(44)33-37-25(6)21-30(46-37)31(32(37)35(43)40(33)29(23-41)24(4)5)34(42)39(20-8-2)27-15-17-28(18-16-27)45-9-3/h7-8,10-18,24-25,29-33,41H,1-2,9,19-23H2,3-6H3/t25?,29-,30+,31-,32-,33?,37?/m0/s1. The Kier molecular flexibility index (Phi) is 10.3. The summed E-state index contributed by atoms with van der Waals surface area (Å²) in [7, 11) is 0. The van der Waals surface area contributed by atoms with Crippen molar-refractivity contribution in [1.82, 2.24) is 9.80 Å². The summed E-state index contributed by atoms with van der Waals surface area (Å²) in [5.74, 6) is -1.21. The maximum absolute atomic E-state index is 14.9. The summed E-state index contributed by atoms with van der Waals surface area (Å²) in [6.45, 7) is 17.0. The maximum Gasteiger partial charge on any atom is 0.247 e. The molecule has 3 saturated heterocycles. The van der Waals surface area contributed by atoms with Gasteiger partial charge in [-0.3, -0.25) is 14.4 Å². The molecule has 3 amide bonds. The number of benzene rings is 2. The predicted molar refractivity (Wildman–Crippen MR) is 183 cm³/mol. The zero-order valence-corrected chi connectivity index (χ0v) is 28.2. The summed E-state index contributed by atoms with van der Waals surface area (Å²) in [6.07, 6.45) is 4.13. The summed E-state index contributed by atoms with van der Waals surface area (Å²) < 4.78 is 4.81. The Labute approximate surface area is 277 Å². The van der Waals surface area contributed by atoms with Crippen molar-refractivity contribution in [2.75, 3.05) is 31.2 Å². The van der Waals surface area contributed by atoms with Gasteiger partial charge in [-0.05, 0) is 55.0 Å². The fourth-order valence-corrected chi connectivity index (χ4v) is 10.3. The Morgan fingerprint density at radius 1 is 1.09 bits per heavy atom. The molecule has 3 aliphatic rings. The number of nitrogens with zero attached hydrogens (tertiary/aromatic N) is 3. The molecule has 2 bridgehead atoms. The molecule has 9 heteroatoms. The molecule has 0 aromatic heterocycles. The van der Waals surface area contributed by atoms with E-state index in [-0.39, 0.29) is 48.0 Å². The van der Waals surface area contributed by atoms with Gasteiger partial charge in [-0.2, -0.15) is 0 Å². The van der Waals surface area contributed by atoms with Gasteiger partial charge in [0.15, 0.2) is 0 Å². The highest BCUT2D eigenvalue weighted by molar-refractivity contribution is 8.02.